The highest BCUT2D eigenvalue weighted by Crippen LogP contribution is 2.36. The van der Waals surface area contributed by atoms with Crippen LogP contribution in [0.25, 0.3) is 0 Å². The molecule has 1 aliphatic rings. The fraction of sp³-hybridized carbons (Fsp3) is 0.348. The number of ether oxygens (including phenoxy) is 1. The molecule has 0 bridgehead atoms. The molecule has 0 amide bonds. The van der Waals surface area contributed by atoms with Crippen LogP contribution >= 0.6 is 0 Å². The molecule has 0 saturated carbocycles. The van der Waals surface area contributed by atoms with Gasteiger partial charge in [-0.15, -0.1) is 0 Å². The van der Waals surface area contributed by atoms with Crippen molar-refractivity contribution in [3.63, 3.8) is 0 Å². The van der Waals surface area contributed by atoms with Gasteiger partial charge in [0.1, 0.15) is 18.1 Å². The summed E-state index contributed by atoms with van der Waals surface area (Å²) in [6.45, 7) is 6.71. The fourth-order valence-corrected chi connectivity index (χ4v) is 3.97. The average Bonchev–Trinajstić information content (AvgIpc) is 3.27. The molecular formula is C23H26N2O2. The third-order valence-corrected chi connectivity index (χ3v) is 5.34. The third kappa shape index (κ3) is 4.06. The maximum atomic E-state index is 5.89. The molecular weight excluding hydrogens is 336 g/mol. The first-order valence-corrected chi connectivity index (χ1v) is 9.63. The highest BCUT2D eigenvalue weighted by Gasteiger charge is 2.30. The smallest absolute Gasteiger partial charge is 0.138 e. The summed E-state index contributed by atoms with van der Waals surface area (Å²) in [6.07, 6.45) is 2.38. The Kier molecular flexibility index (Phi) is 5.26. The van der Waals surface area contributed by atoms with Gasteiger partial charge in [0.05, 0.1) is 5.69 Å². The normalized spacial score (nSPS) is 17.3. The van der Waals surface area contributed by atoms with Crippen molar-refractivity contribution in [1.82, 2.24) is 10.1 Å². The van der Waals surface area contributed by atoms with Crippen molar-refractivity contribution in [1.29, 1.82) is 0 Å². The number of benzene rings is 2. The fourth-order valence-electron chi connectivity index (χ4n) is 3.97. The van der Waals surface area contributed by atoms with E-state index in [1.54, 1.807) is 0 Å². The van der Waals surface area contributed by atoms with E-state index in [1.807, 2.05) is 32.0 Å². The Balaban J connectivity index is 1.39. The summed E-state index contributed by atoms with van der Waals surface area (Å²) in [5.74, 6) is 1.86. The molecule has 27 heavy (non-hydrogen) atoms. The molecule has 1 aliphatic heterocycles. The summed E-state index contributed by atoms with van der Waals surface area (Å²) in [7, 11) is 0. The molecule has 1 aromatic heterocycles. The molecule has 4 nitrogen and oxygen atoms in total. The first-order chi connectivity index (χ1) is 13.2. The van der Waals surface area contributed by atoms with Gasteiger partial charge in [-0.1, -0.05) is 47.6 Å². The summed E-state index contributed by atoms with van der Waals surface area (Å²) in [5.41, 5.74) is 4.78. The van der Waals surface area contributed by atoms with Crippen LogP contribution < -0.4 is 4.74 Å². The van der Waals surface area contributed by atoms with Crippen molar-refractivity contribution in [3.05, 3.63) is 82.7 Å². The van der Waals surface area contributed by atoms with E-state index in [-0.39, 0.29) is 0 Å². The van der Waals surface area contributed by atoms with Gasteiger partial charge < -0.3 is 9.26 Å². The monoisotopic (exact) mass is 362 g/mol. The zero-order chi connectivity index (χ0) is 18.6. The summed E-state index contributed by atoms with van der Waals surface area (Å²) in [4.78, 5) is 2.53. The number of hydrogen-bond acceptors (Lipinski definition) is 4. The van der Waals surface area contributed by atoms with Crippen LogP contribution in [-0.2, 0) is 13.2 Å². The lowest BCUT2D eigenvalue weighted by molar-refractivity contribution is 0.245. The summed E-state index contributed by atoms with van der Waals surface area (Å²) in [5, 5.41) is 4.14. The predicted molar refractivity (Wildman–Crippen MR) is 106 cm³/mol. The topological polar surface area (TPSA) is 38.5 Å². The first-order valence-electron chi connectivity index (χ1n) is 9.63. The van der Waals surface area contributed by atoms with Gasteiger partial charge in [-0.3, -0.25) is 4.90 Å². The lowest BCUT2D eigenvalue weighted by Gasteiger charge is -2.24. The molecule has 0 radical (unpaired) electrons. The van der Waals surface area contributed by atoms with Crippen LogP contribution in [0, 0.1) is 13.8 Å². The van der Waals surface area contributed by atoms with Gasteiger partial charge in [0.2, 0.25) is 0 Å². The molecule has 3 aromatic rings. The van der Waals surface area contributed by atoms with Crippen LogP contribution in [0.5, 0.6) is 5.75 Å². The predicted octanol–water partition coefficient (Wildman–Crippen LogP) is 5.21. The van der Waals surface area contributed by atoms with Gasteiger partial charge in [0.15, 0.2) is 0 Å². The minimum atomic E-state index is 0.408. The Morgan fingerprint density at radius 3 is 2.52 bits per heavy atom. The van der Waals surface area contributed by atoms with E-state index < -0.39 is 0 Å². The molecule has 2 aromatic carbocycles. The van der Waals surface area contributed by atoms with E-state index in [1.165, 1.54) is 29.5 Å². The lowest BCUT2D eigenvalue weighted by atomic mass is 10.0. The average molecular weight is 362 g/mol. The Hall–Kier alpha value is -2.59. The highest BCUT2D eigenvalue weighted by molar-refractivity contribution is 5.29. The van der Waals surface area contributed by atoms with Crippen LogP contribution in [0.4, 0.5) is 0 Å². The zero-order valence-corrected chi connectivity index (χ0v) is 16.0. The maximum Gasteiger partial charge on any atom is 0.138 e. The van der Waals surface area contributed by atoms with E-state index in [0.29, 0.717) is 12.6 Å². The Labute approximate surface area is 160 Å². The zero-order valence-electron chi connectivity index (χ0n) is 16.0. The quantitative estimate of drug-likeness (QED) is 0.603. The summed E-state index contributed by atoms with van der Waals surface area (Å²) >= 11 is 0. The van der Waals surface area contributed by atoms with Gasteiger partial charge >= 0.3 is 0 Å². The van der Waals surface area contributed by atoms with Crippen molar-refractivity contribution >= 4 is 0 Å². The van der Waals surface area contributed by atoms with E-state index in [4.69, 9.17) is 9.26 Å². The number of rotatable bonds is 6. The summed E-state index contributed by atoms with van der Waals surface area (Å²) < 4.78 is 11.3. The van der Waals surface area contributed by atoms with Gasteiger partial charge in [0, 0.05) is 18.2 Å². The largest absolute Gasteiger partial charge is 0.489 e. The van der Waals surface area contributed by atoms with Gasteiger partial charge in [-0.25, -0.2) is 0 Å². The van der Waals surface area contributed by atoms with Crippen molar-refractivity contribution < 1.29 is 9.26 Å². The molecule has 1 fully saturated rings. The van der Waals surface area contributed by atoms with E-state index in [0.717, 1.165) is 30.3 Å². The Morgan fingerprint density at radius 1 is 1.04 bits per heavy atom. The minimum absolute atomic E-state index is 0.408. The van der Waals surface area contributed by atoms with Gasteiger partial charge in [0.25, 0.3) is 0 Å². The van der Waals surface area contributed by atoms with E-state index in [9.17, 15) is 0 Å². The molecule has 0 spiro atoms. The minimum Gasteiger partial charge on any atom is -0.489 e. The standard InChI is InChI=1S/C23H26N2O2/c1-17-23(18(2)27-24-17)22-9-6-14-25(22)15-19-10-12-21(13-11-19)26-16-20-7-4-3-5-8-20/h3-5,7-8,10-13,22H,6,9,14-16H2,1-2H3/t22-/m0/s1. The molecule has 140 valence electrons. The molecule has 1 saturated heterocycles. The molecule has 0 N–H and O–H groups in total. The molecule has 1 atom stereocenters. The second kappa shape index (κ2) is 7.97. The SMILES string of the molecule is Cc1noc(C)c1[C@@H]1CCCN1Cc1ccc(OCc2ccccc2)cc1. The number of hydrogen-bond donors (Lipinski definition) is 0. The molecule has 4 rings (SSSR count). The maximum absolute atomic E-state index is 5.89. The molecule has 0 unspecified atom stereocenters. The number of aryl methyl sites for hydroxylation is 2. The van der Waals surface area contributed by atoms with Gasteiger partial charge in [-0.05, 0) is 56.5 Å². The third-order valence-electron chi connectivity index (χ3n) is 5.34. The highest BCUT2D eigenvalue weighted by atomic mass is 16.5. The Morgan fingerprint density at radius 2 is 1.81 bits per heavy atom. The van der Waals surface area contributed by atoms with Crippen LogP contribution in [-0.4, -0.2) is 16.6 Å². The van der Waals surface area contributed by atoms with E-state index >= 15 is 0 Å². The van der Waals surface area contributed by atoms with E-state index in [2.05, 4.69) is 46.5 Å². The molecule has 0 aliphatic carbocycles. The van der Waals surface area contributed by atoms with Gasteiger partial charge in [-0.2, -0.15) is 0 Å². The molecule has 2 heterocycles. The second-order valence-electron chi connectivity index (χ2n) is 7.28. The summed E-state index contributed by atoms with van der Waals surface area (Å²) in [6, 6.07) is 19.1. The van der Waals surface area contributed by atoms with Crippen molar-refractivity contribution in [2.75, 3.05) is 6.54 Å². The first kappa shape index (κ1) is 17.8. The second-order valence-corrected chi connectivity index (χ2v) is 7.28. The van der Waals surface area contributed by atoms with Crippen LogP contribution in [0.3, 0.4) is 0 Å². The van der Waals surface area contributed by atoms with Crippen molar-refractivity contribution in [2.45, 2.75) is 45.9 Å². The number of nitrogens with zero attached hydrogens (tertiary/aromatic N) is 2. The van der Waals surface area contributed by atoms with Crippen LogP contribution in [0.15, 0.2) is 59.1 Å². The molecule has 4 heteroatoms. The number of aromatic nitrogens is 1. The van der Waals surface area contributed by atoms with Crippen LogP contribution in [0.1, 0.15) is 47.0 Å². The lowest BCUT2D eigenvalue weighted by Crippen LogP contribution is -2.23. The van der Waals surface area contributed by atoms with Crippen molar-refractivity contribution in [3.8, 4) is 5.75 Å². The van der Waals surface area contributed by atoms with Crippen molar-refractivity contribution in [2.24, 2.45) is 0 Å². The Bertz CT molecular complexity index is 852. The van der Waals surface area contributed by atoms with Crippen LogP contribution in [0.2, 0.25) is 0 Å². The number of likely N-dealkylation sites (tertiary alicyclic amines) is 1.